The molecule has 546 valence electrons. The van der Waals surface area contributed by atoms with Crippen LogP contribution in [-0.2, 0) is 65.4 Å². The van der Waals surface area contributed by atoms with Crippen LogP contribution in [0.4, 0.5) is 0 Å². The number of hydrogen-bond acceptors (Lipinski definition) is 15. The molecule has 3 N–H and O–H groups in total. The average Bonchev–Trinajstić information content (AvgIpc) is 1.59. The summed E-state index contributed by atoms with van der Waals surface area (Å²) < 4.78 is 68.4. The first-order valence-electron chi connectivity index (χ1n) is 38.0. The van der Waals surface area contributed by atoms with Gasteiger partial charge >= 0.3 is 39.5 Å². The Morgan fingerprint density at radius 2 is 0.554 bits per heavy atom. The highest BCUT2D eigenvalue weighted by molar-refractivity contribution is 7.47. The summed E-state index contributed by atoms with van der Waals surface area (Å²) in [6, 6.07) is 0. The van der Waals surface area contributed by atoms with Crippen LogP contribution in [0.5, 0.6) is 0 Å². The number of rotatable bonds is 72. The lowest BCUT2D eigenvalue weighted by Gasteiger charge is -2.21. The Morgan fingerprint density at radius 3 is 0.826 bits per heavy atom. The van der Waals surface area contributed by atoms with Gasteiger partial charge in [0.2, 0.25) is 0 Å². The van der Waals surface area contributed by atoms with Crippen LogP contribution in [0.25, 0.3) is 0 Å². The zero-order valence-corrected chi connectivity index (χ0v) is 61.6. The van der Waals surface area contributed by atoms with Crippen LogP contribution in [0.3, 0.4) is 0 Å². The van der Waals surface area contributed by atoms with Crippen LogP contribution in [-0.4, -0.2) is 96.7 Å². The molecule has 92 heavy (non-hydrogen) atoms. The van der Waals surface area contributed by atoms with E-state index >= 15 is 0 Å². The van der Waals surface area contributed by atoms with E-state index in [0.717, 1.165) is 102 Å². The zero-order valence-electron chi connectivity index (χ0n) is 59.9. The van der Waals surface area contributed by atoms with Crippen molar-refractivity contribution in [3.63, 3.8) is 0 Å². The van der Waals surface area contributed by atoms with Crippen molar-refractivity contribution >= 4 is 39.5 Å². The number of phosphoric ester groups is 2. The number of phosphoric acid groups is 2. The van der Waals surface area contributed by atoms with E-state index in [4.69, 9.17) is 37.0 Å². The summed E-state index contributed by atoms with van der Waals surface area (Å²) in [7, 11) is -9.90. The average molecular weight is 1350 g/mol. The molecule has 6 atom stereocenters. The van der Waals surface area contributed by atoms with Gasteiger partial charge in [0.05, 0.1) is 26.4 Å². The Morgan fingerprint density at radius 1 is 0.315 bits per heavy atom. The first-order valence-corrected chi connectivity index (χ1v) is 41.0. The summed E-state index contributed by atoms with van der Waals surface area (Å²) in [6.07, 6.45) is 51.2. The van der Waals surface area contributed by atoms with Gasteiger partial charge in [-0.1, -0.05) is 324 Å². The first-order chi connectivity index (χ1) is 44.4. The van der Waals surface area contributed by atoms with E-state index in [0.29, 0.717) is 25.7 Å². The Balaban J connectivity index is 5.23. The molecule has 0 aliphatic rings. The standard InChI is InChI=1S/C73H142O17P2/c1-7-10-12-14-16-18-20-27-31-39-45-51-57-72(77)89-68(61-83-70(75)55-49-43-37-30-19-17-15-13-11-8-2)63-87-91(79,80)85-59-67(74)60-86-92(81,82)88-64-69(62-84-71(76)56-50-44-38-34-33-36-42-48-54-66(6)9-3)90-73(78)58-52-46-40-32-28-25-23-21-22-24-26-29-35-41-47-53-65(4)5/h65-69,74H,7-64H2,1-6H3,(H,79,80)(H,81,82)/t66?,67-,68+,69+/m0/s1. The first kappa shape index (κ1) is 90.1. The summed E-state index contributed by atoms with van der Waals surface area (Å²) in [4.78, 5) is 72.6. The molecule has 0 amide bonds. The maximum atomic E-state index is 13.1. The number of carbonyl (C=O) groups is 4. The minimum Gasteiger partial charge on any atom is -0.462 e. The molecule has 0 saturated heterocycles. The lowest BCUT2D eigenvalue weighted by atomic mass is 9.99. The summed E-state index contributed by atoms with van der Waals surface area (Å²) >= 11 is 0. The normalized spacial score (nSPS) is 14.4. The van der Waals surface area contributed by atoms with E-state index in [1.54, 1.807) is 0 Å². The number of ether oxygens (including phenoxy) is 4. The number of unbranched alkanes of at least 4 members (excludes halogenated alkanes) is 41. The molecule has 0 saturated carbocycles. The van der Waals surface area contributed by atoms with Gasteiger partial charge in [0.15, 0.2) is 12.2 Å². The topological polar surface area (TPSA) is 237 Å². The largest absolute Gasteiger partial charge is 0.472 e. The van der Waals surface area contributed by atoms with Crippen molar-refractivity contribution in [2.24, 2.45) is 11.8 Å². The number of aliphatic hydroxyl groups is 1. The number of hydrogen-bond donors (Lipinski definition) is 3. The molecule has 17 nitrogen and oxygen atoms in total. The lowest BCUT2D eigenvalue weighted by molar-refractivity contribution is -0.161. The van der Waals surface area contributed by atoms with Crippen molar-refractivity contribution < 1.29 is 80.2 Å². The van der Waals surface area contributed by atoms with E-state index in [1.807, 2.05) is 0 Å². The molecule has 0 bridgehead atoms. The Hall–Kier alpha value is -1.94. The highest BCUT2D eigenvalue weighted by Crippen LogP contribution is 2.45. The van der Waals surface area contributed by atoms with E-state index in [9.17, 15) is 43.2 Å². The summed E-state index contributed by atoms with van der Waals surface area (Å²) in [5.74, 6) is -0.539. The van der Waals surface area contributed by atoms with Crippen LogP contribution in [0.2, 0.25) is 0 Å². The van der Waals surface area contributed by atoms with Gasteiger partial charge in [-0.15, -0.1) is 0 Å². The van der Waals surface area contributed by atoms with Crippen molar-refractivity contribution in [3.05, 3.63) is 0 Å². The Labute approximate surface area is 562 Å². The molecule has 0 aromatic heterocycles. The minimum atomic E-state index is -4.95. The van der Waals surface area contributed by atoms with Crippen molar-refractivity contribution in [2.75, 3.05) is 39.6 Å². The molecule has 0 radical (unpaired) electrons. The van der Waals surface area contributed by atoms with Crippen LogP contribution < -0.4 is 0 Å². The predicted octanol–water partition coefficient (Wildman–Crippen LogP) is 21.2. The van der Waals surface area contributed by atoms with Crippen molar-refractivity contribution in [3.8, 4) is 0 Å². The lowest BCUT2D eigenvalue weighted by Crippen LogP contribution is -2.30. The number of aliphatic hydroxyl groups excluding tert-OH is 1. The maximum Gasteiger partial charge on any atom is 0.472 e. The van der Waals surface area contributed by atoms with E-state index in [-0.39, 0.29) is 25.7 Å². The molecule has 0 rings (SSSR count). The third-order valence-corrected chi connectivity index (χ3v) is 19.2. The summed E-state index contributed by atoms with van der Waals surface area (Å²) in [5, 5.41) is 10.6. The van der Waals surface area contributed by atoms with Crippen molar-refractivity contribution in [2.45, 2.75) is 394 Å². The molecule has 0 fully saturated rings. The van der Waals surface area contributed by atoms with Gasteiger partial charge in [-0.3, -0.25) is 37.3 Å². The molecule has 0 aliphatic carbocycles. The van der Waals surface area contributed by atoms with Gasteiger partial charge in [-0.05, 0) is 37.5 Å². The SMILES string of the molecule is CCCCCCCCCCCCCCC(=O)O[C@H](COC(=O)CCCCCCCCCCCC)COP(=O)(O)OC[C@H](O)COP(=O)(O)OC[C@@H](COC(=O)CCCCCCCCCCC(C)CC)OC(=O)CCCCCCCCCCCCCCCCCC(C)C. The molecule has 0 heterocycles. The van der Waals surface area contributed by atoms with Gasteiger partial charge in [0, 0.05) is 25.7 Å². The Bertz CT molecular complexity index is 1790. The smallest absolute Gasteiger partial charge is 0.462 e. The second-order valence-electron chi connectivity index (χ2n) is 27.1. The second kappa shape index (κ2) is 65.0. The predicted molar refractivity (Wildman–Crippen MR) is 372 cm³/mol. The fourth-order valence-corrected chi connectivity index (χ4v) is 12.7. The molecule has 0 aromatic carbocycles. The van der Waals surface area contributed by atoms with Crippen molar-refractivity contribution in [1.82, 2.24) is 0 Å². The molecular weight excluding hydrogens is 1210 g/mol. The third-order valence-electron chi connectivity index (χ3n) is 17.3. The zero-order chi connectivity index (χ0) is 67.9. The van der Waals surface area contributed by atoms with Gasteiger partial charge in [0.1, 0.15) is 19.3 Å². The van der Waals surface area contributed by atoms with Crippen molar-refractivity contribution in [1.29, 1.82) is 0 Å². The molecule has 0 spiro atoms. The number of esters is 4. The minimum absolute atomic E-state index is 0.107. The van der Waals surface area contributed by atoms with Crippen LogP contribution in [0, 0.1) is 11.8 Å². The van der Waals surface area contributed by atoms with E-state index in [1.165, 1.54) is 193 Å². The molecule has 3 unspecified atom stereocenters. The van der Waals surface area contributed by atoms with Gasteiger partial charge in [-0.25, -0.2) is 9.13 Å². The van der Waals surface area contributed by atoms with Crippen LogP contribution in [0.1, 0.15) is 375 Å². The quantitative estimate of drug-likeness (QED) is 0.0222. The fourth-order valence-electron chi connectivity index (χ4n) is 11.1. The second-order valence-corrected chi connectivity index (χ2v) is 30.0. The van der Waals surface area contributed by atoms with E-state index in [2.05, 4.69) is 41.5 Å². The molecule has 0 aromatic rings. The highest BCUT2D eigenvalue weighted by Gasteiger charge is 2.30. The summed E-state index contributed by atoms with van der Waals surface area (Å²) in [6.45, 7) is 9.60. The van der Waals surface area contributed by atoms with Crippen LogP contribution >= 0.6 is 15.6 Å². The van der Waals surface area contributed by atoms with E-state index < -0.39 is 97.5 Å². The maximum absolute atomic E-state index is 13.1. The van der Waals surface area contributed by atoms with Crippen LogP contribution in [0.15, 0.2) is 0 Å². The van der Waals surface area contributed by atoms with Gasteiger partial charge in [-0.2, -0.15) is 0 Å². The number of carbonyl (C=O) groups excluding carboxylic acids is 4. The Kier molecular flexibility index (Phi) is 63.7. The molecule has 19 heteroatoms. The molecular formula is C73H142O17P2. The highest BCUT2D eigenvalue weighted by atomic mass is 31.2. The monoisotopic (exact) mass is 1350 g/mol. The van der Waals surface area contributed by atoms with Gasteiger partial charge < -0.3 is 33.8 Å². The van der Waals surface area contributed by atoms with Gasteiger partial charge in [0.25, 0.3) is 0 Å². The molecule has 0 aliphatic heterocycles. The fraction of sp³-hybridized carbons (Fsp3) is 0.945. The third kappa shape index (κ3) is 65.4. The summed E-state index contributed by atoms with van der Waals surface area (Å²) in [5.41, 5.74) is 0.